The van der Waals surface area contributed by atoms with Gasteiger partial charge in [-0.25, -0.2) is 0 Å². The van der Waals surface area contributed by atoms with Gasteiger partial charge in [0.15, 0.2) is 0 Å². The molecular formula is C60H84F8I2O10S2. The van der Waals surface area contributed by atoms with Crippen LogP contribution in [-0.2, 0) is 25.3 Å². The Labute approximate surface area is 498 Å². The zero-order valence-electron chi connectivity index (χ0n) is 47.7. The number of alkyl halides is 8. The zero-order chi connectivity index (χ0) is 60.1. The van der Waals surface area contributed by atoms with E-state index in [1.807, 2.05) is 0 Å². The normalized spacial score (nSPS) is 13.0. The van der Waals surface area contributed by atoms with Gasteiger partial charge in [0.2, 0.25) is 0 Å². The van der Waals surface area contributed by atoms with Gasteiger partial charge in [-0.3, -0.25) is 0 Å². The van der Waals surface area contributed by atoms with Gasteiger partial charge < -0.3 is 0 Å². The molecular weight excluding hydrogens is 1350 g/mol. The van der Waals surface area contributed by atoms with Crippen molar-refractivity contribution in [3.05, 3.63) is 111 Å². The summed E-state index contributed by atoms with van der Waals surface area (Å²) in [4.78, 5) is 0. The summed E-state index contributed by atoms with van der Waals surface area (Å²) in [5, 5.41) is -14.4. The number of rotatable bonds is 45. The van der Waals surface area contributed by atoms with E-state index in [1.165, 1.54) is 97.1 Å². The number of hydrogen-bond donors (Lipinski definition) is 0. The molecule has 0 N–H and O–H groups in total. The third-order valence-electron chi connectivity index (χ3n) is 13.2. The van der Waals surface area contributed by atoms with Crippen LogP contribution in [0.1, 0.15) is 182 Å². The number of unbranched alkanes of at least 4 members (excludes halogenated alkanes) is 20. The van der Waals surface area contributed by atoms with Gasteiger partial charge in [-0.2, -0.15) is 0 Å². The summed E-state index contributed by atoms with van der Waals surface area (Å²) in [5.74, 6) is -14.2. The minimum atomic E-state index is -7.66. The molecule has 0 spiro atoms. The van der Waals surface area contributed by atoms with Gasteiger partial charge in [-0.15, -0.1) is 0 Å². The third kappa shape index (κ3) is 21.3. The van der Waals surface area contributed by atoms with E-state index in [0.29, 0.717) is 52.1 Å². The molecule has 0 aliphatic heterocycles. The van der Waals surface area contributed by atoms with Crippen molar-refractivity contribution in [3.8, 4) is 23.0 Å². The summed E-state index contributed by atoms with van der Waals surface area (Å²) < 4.78 is 215. The molecule has 22 heteroatoms. The molecule has 0 saturated carbocycles. The Kier molecular flexibility index (Phi) is 31.4. The van der Waals surface area contributed by atoms with Gasteiger partial charge in [0.05, 0.1) is 0 Å². The van der Waals surface area contributed by atoms with E-state index in [-0.39, 0.29) is 37.3 Å². The zero-order valence-corrected chi connectivity index (χ0v) is 53.7. The fourth-order valence-corrected chi connectivity index (χ4v) is 22.0. The SMILES string of the molecule is CCCCCCCCOc1ccc(I(OS(=O)(=O)C(F)(F)C(F)(F)C(F)(F)C(F)(F)S(=O)(=O)OI(c2ccc(OCCCCCCCC)cc2)c2ccc(OCCCCCCCC)cc2)c2ccc(OCCCCCCCC)cc2)cc1. The summed E-state index contributed by atoms with van der Waals surface area (Å²) in [6.07, 6.45) is 23.2. The van der Waals surface area contributed by atoms with Crippen LogP contribution >= 0.6 is 40.5 Å². The van der Waals surface area contributed by atoms with Crippen molar-refractivity contribution in [3.63, 3.8) is 0 Å². The van der Waals surface area contributed by atoms with E-state index in [2.05, 4.69) is 27.7 Å². The van der Waals surface area contributed by atoms with Crippen LogP contribution in [-0.4, -0.2) is 65.6 Å². The fraction of sp³-hybridized carbons (Fsp3) is 0.600. The Hall–Kier alpha value is -3.20. The second kappa shape index (κ2) is 36.1. The van der Waals surface area contributed by atoms with E-state index in [1.54, 1.807) is 0 Å². The molecule has 4 aromatic rings. The third-order valence-corrected chi connectivity index (χ3v) is 27.9. The topological polar surface area (TPSA) is 124 Å². The van der Waals surface area contributed by atoms with Crippen LogP contribution in [0, 0.1) is 14.3 Å². The molecule has 0 saturated heterocycles. The predicted molar refractivity (Wildman–Crippen MR) is 324 cm³/mol. The fourth-order valence-electron chi connectivity index (χ4n) is 8.19. The van der Waals surface area contributed by atoms with Gasteiger partial charge in [-0.05, 0) is 0 Å². The van der Waals surface area contributed by atoms with Crippen LogP contribution in [0.3, 0.4) is 0 Å². The average Bonchev–Trinajstić information content (AvgIpc) is 3.59. The summed E-state index contributed by atoms with van der Waals surface area (Å²) >= 11 is -8.99. The molecule has 0 bridgehead atoms. The van der Waals surface area contributed by atoms with Gasteiger partial charge >= 0.3 is 474 Å². The predicted octanol–water partition coefficient (Wildman–Crippen LogP) is 19.4. The van der Waals surface area contributed by atoms with Crippen LogP contribution in [0.4, 0.5) is 35.1 Å². The molecule has 0 aliphatic carbocycles. The Balaban J connectivity index is 1.63. The van der Waals surface area contributed by atoms with E-state index in [9.17, 15) is 16.8 Å². The molecule has 0 heterocycles. The molecule has 0 fully saturated rings. The summed E-state index contributed by atoms with van der Waals surface area (Å²) in [7, 11) is -14.7. The first-order valence-corrected chi connectivity index (χ1v) is 37.7. The van der Waals surface area contributed by atoms with Gasteiger partial charge in [0.25, 0.3) is 0 Å². The van der Waals surface area contributed by atoms with Crippen LogP contribution in [0.15, 0.2) is 97.1 Å². The second-order valence-electron chi connectivity index (χ2n) is 20.0. The van der Waals surface area contributed by atoms with Crippen LogP contribution in [0.2, 0.25) is 0 Å². The molecule has 466 valence electrons. The number of ether oxygens (including phenoxy) is 4. The van der Waals surface area contributed by atoms with Crippen molar-refractivity contribution in [2.24, 2.45) is 0 Å². The first-order chi connectivity index (χ1) is 39.1. The van der Waals surface area contributed by atoms with Crippen LogP contribution < -0.4 is 18.9 Å². The van der Waals surface area contributed by atoms with Crippen molar-refractivity contribution in [1.29, 1.82) is 0 Å². The van der Waals surface area contributed by atoms with Crippen molar-refractivity contribution in [2.75, 3.05) is 26.4 Å². The molecule has 4 rings (SSSR count). The van der Waals surface area contributed by atoms with E-state index in [4.69, 9.17) is 24.0 Å². The van der Waals surface area contributed by atoms with E-state index >= 15 is 35.1 Å². The Morgan fingerprint density at radius 1 is 0.305 bits per heavy atom. The summed E-state index contributed by atoms with van der Waals surface area (Å²) in [6, 6.07) is 20.7. The first kappa shape index (κ1) is 71.3. The van der Waals surface area contributed by atoms with Crippen molar-refractivity contribution in [1.82, 2.24) is 0 Å². The quantitative estimate of drug-likeness (QED) is 0.0240. The summed E-state index contributed by atoms with van der Waals surface area (Å²) in [5.41, 5.74) is 0. The molecule has 0 aliphatic rings. The molecule has 82 heavy (non-hydrogen) atoms. The van der Waals surface area contributed by atoms with Gasteiger partial charge in [0.1, 0.15) is 0 Å². The first-order valence-electron chi connectivity index (χ1n) is 28.8. The van der Waals surface area contributed by atoms with Crippen molar-refractivity contribution in [2.45, 2.75) is 204 Å². The Bertz CT molecular complexity index is 2320. The van der Waals surface area contributed by atoms with Crippen molar-refractivity contribution >= 4 is 60.7 Å². The molecule has 0 radical (unpaired) electrons. The number of benzene rings is 4. The molecule has 4 aromatic carbocycles. The maximum atomic E-state index is 16.1. The van der Waals surface area contributed by atoms with Gasteiger partial charge in [0, 0.05) is 0 Å². The molecule has 10 nitrogen and oxygen atoms in total. The van der Waals surface area contributed by atoms with Gasteiger partial charge in [-0.1, -0.05) is 27.7 Å². The van der Waals surface area contributed by atoms with Crippen LogP contribution in [0.5, 0.6) is 23.0 Å². The summed E-state index contributed by atoms with van der Waals surface area (Å²) in [6.45, 7) is 9.56. The Morgan fingerprint density at radius 2 is 0.488 bits per heavy atom. The second-order valence-corrected chi connectivity index (χ2v) is 33.1. The molecule has 0 unspecified atom stereocenters. The van der Waals surface area contributed by atoms with E-state index < -0.39 is 83.1 Å². The maximum absolute atomic E-state index is 16.1. The number of halogens is 10. The molecule has 0 amide bonds. The Morgan fingerprint density at radius 3 is 0.683 bits per heavy atom. The van der Waals surface area contributed by atoms with Crippen LogP contribution in [0.25, 0.3) is 0 Å². The molecule has 0 aromatic heterocycles. The molecule has 0 atom stereocenters. The van der Waals surface area contributed by atoms with Crippen molar-refractivity contribution < 1.29 is 75.9 Å². The van der Waals surface area contributed by atoms with E-state index in [0.717, 1.165) is 128 Å². The average molecular weight is 1440 g/mol. The standard InChI is InChI=1S/C60H84F8I2O10S2/c1-5-9-13-17-21-25-45-75-53-37-29-49(30-38-53)69(50-31-39-54(40-32-50)76-46-26-22-18-14-10-6-2)79-81(71,72)59(65,66)57(61,62)58(63,64)60(67,68)82(73,74)80-70(51-33-41-55(42-34-51)77-47-27-23-19-15-11-7-3)52-35-43-56(44-36-52)78-48-28-24-20-16-12-8-4/h29-44H,5-28,45-48H2,1-4H3. The number of hydrogen-bond acceptors (Lipinski definition) is 10. The monoisotopic (exact) mass is 1430 g/mol. The minimum absolute atomic E-state index is 0.126.